The molecule has 0 amide bonds. The molecule has 0 aromatic carbocycles. The monoisotopic (exact) mass is 395 g/mol. The second-order valence-electron chi connectivity index (χ2n) is 7.46. The van der Waals surface area contributed by atoms with Crippen molar-refractivity contribution >= 4 is 5.57 Å². The minimum absolute atomic E-state index is 0.247. The van der Waals surface area contributed by atoms with E-state index < -0.39 is 5.92 Å². The Morgan fingerprint density at radius 1 is 1.17 bits per heavy atom. The van der Waals surface area contributed by atoms with Gasteiger partial charge in [0.25, 0.3) is 5.92 Å². The van der Waals surface area contributed by atoms with Gasteiger partial charge < -0.3 is 4.90 Å². The molecule has 152 valence electrons. The molecule has 1 fully saturated rings. The zero-order valence-corrected chi connectivity index (χ0v) is 17.3. The number of aryl methyl sites for hydroxylation is 1. The summed E-state index contributed by atoms with van der Waals surface area (Å²) < 4.78 is 27.4. The maximum atomic E-state index is 13.7. The second-order valence-corrected chi connectivity index (χ2v) is 7.46. The molecule has 3 rings (SSSR count). The van der Waals surface area contributed by atoms with Crippen molar-refractivity contribution in [3.8, 4) is 11.1 Å². The topological polar surface area (TPSA) is 29.0 Å². The molecule has 0 saturated carbocycles. The summed E-state index contributed by atoms with van der Waals surface area (Å²) in [7, 11) is 0. The Labute approximate surface area is 171 Å². The number of pyridine rings is 2. The molecular weight excluding hydrogens is 368 g/mol. The van der Waals surface area contributed by atoms with Crippen LogP contribution < -0.4 is 0 Å². The highest BCUT2D eigenvalue weighted by atomic mass is 19.3. The van der Waals surface area contributed by atoms with Gasteiger partial charge in [0, 0.05) is 54.9 Å². The number of hydrogen-bond donors (Lipinski definition) is 0. The van der Waals surface area contributed by atoms with Gasteiger partial charge in [0.15, 0.2) is 0 Å². The molecule has 3 nitrogen and oxygen atoms in total. The van der Waals surface area contributed by atoms with E-state index in [1.165, 1.54) is 25.1 Å². The lowest BCUT2D eigenvalue weighted by atomic mass is 9.98. The van der Waals surface area contributed by atoms with Crippen LogP contribution in [0, 0.1) is 6.92 Å². The van der Waals surface area contributed by atoms with Crippen molar-refractivity contribution in [1.29, 1.82) is 0 Å². The molecule has 1 saturated heterocycles. The minimum atomic E-state index is -2.99. The number of rotatable bonds is 6. The van der Waals surface area contributed by atoms with Crippen LogP contribution in [0.25, 0.3) is 16.7 Å². The molecule has 3 heterocycles. The first kappa shape index (κ1) is 20.9. The Hall–Kier alpha value is -2.82. The summed E-state index contributed by atoms with van der Waals surface area (Å²) in [5.74, 6) is -2.99. The van der Waals surface area contributed by atoms with Crippen LogP contribution in [0.5, 0.6) is 0 Å². The Bertz CT molecular complexity index is 949. The van der Waals surface area contributed by atoms with Crippen molar-refractivity contribution in [1.82, 2.24) is 14.9 Å². The third-order valence-electron chi connectivity index (χ3n) is 5.12. The van der Waals surface area contributed by atoms with E-state index in [1.807, 2.05) is 32.1 Å². The van der Waals surface area contributed by atoms with Crippen LogP contribution in [0.2, 0.25) is 0 Å². The molecule has 2 aromatic heterocycles. The Morgan fingerprint density at radius 2 is 1.90 bits per heavy atom. The van der Waals surface area contributed by atoms with E-state index in [9.17, 15) is 8.78 Å². The van der Waals surface area contributed by atoms with Crippen LogP contribution in [0.15, 0.2) is 61.1 Å². The fraction of sp³-hybridized carbons (Fsp3) is 0.333. The van der Waals surface area contributed by atoms with Gasteiger partial charge in [-0.05, 0) is 62.1 Å². The van der Waals surface area contributed by atoms with Crippen LogP contribution >= 0.6 is 0 Å². The molecule has 0 aliphatic carbocycles. The predicted octanol–water partition coefficient (Wildman–Crippen LogP) is 6.13. The van der Waals surface area contributed by atoms with Gasteiger partial charge in [0.05, 0.1) is 0 Å². The van der Waals surface area contributed by atoms with Gasteiger partial charge in [0.1, 0.15) is 5.69 Å². The van der Waals surface area contributed by atoms with Crippen LogP contribution in [-0.2, 0) is 5.92 Å². The zero-order chi connectivity index (χ0) is 21.0. The molecule has 29 heavy (non-hydrogen) atoms. The van der Waals surface area contributed by atoms with Crippen LogP contribution in [0.4, 0.5) is 8.78 Å². The van der Waals surface area contributed by atoms with E-state index in [0.29, 0.717) is 5.56 Å². The lowest BCUT2D eigenvalue weighted by molar-refractivity contribution is 0.0128. The number of hydrogen-bond acceptors (Lipinski definition) is 3. The third kappa shape index (κ3) is 4.97. The normalized spacial score (nSPS) is 15.3. The van der Waals surface area contributed by atoms with E-state index in [2.05, 4.69) is 27.5 Å². The van der Waals surface area contributed by atoms with Crippen LogP contribution in [-0.4, -0.2) is 28.0 Å². The Morgan fingerprint density at radius 3 is 2.55 bits per heavy atom. The molecule has 0 atom stereocenters. The molecule has 1 aliphatic rings. The third-order valence-corrected chi connectivity index (χ3v) is 5.12. The maximum Gasteiger partial charge on any atom is 0.286 e. The highest BCUT2D eigenvalue weighted by Gasteiger charge is 2.26. The van der Waals surface area contributed by atoms with E-state index in [-0.39, 0.29) is 5.69 Å². The molecule has 2 aromatic rings. The summed E-state index contributed by atoms with van der Waals surface area (Å²) in [4.78, 5) is 10.6. The first-order valence-electron chi connectivity index (χ1n) is 9.89. The smallest absolute Gasteiger partial charge is 0.286 e. The molecule has 0 spiro atoms. The van der Waals surface area contributed by atoms with E-state index in [4.69, 9.17) is 0 Å². The van der Waals surface area contributed by atoms with Gasteiger partial charge in [-0.2, -0.15) is 8.78 Å². The van der Waals surface area contributed by atoms with Crippen molar-refractivity contribution < 1.29 is 8.78 Å². The van der Waals surface area contributed by atoms with Crippen molar-refractivity contribution in [2.75, 3.05) is 13.1 Å². The summed E-state index contributed by atoms with van der Waals surface area (Å²) in [6.45, 7) is 11.1. The average Bonchev–Trinajstić information content (AvgIpc) is 3.22. The highest BCUT2D eigenvalue weighted by Crippen LogP contribution is 2.31. The summed E-state index contributed by atoms with van der Waals surface area (Å²) >= 11 is 0. The summed E-state index contributed by atoms with van der Waals surface area (Å²) in [5.41, 5.74) is 5.03. The molecule has 0 bridgehead atoms. The Kier molecular flexibility index (Phi) is 6.26. The summed E-state index contributed by atoms with van der Waals surface area (Å²) in [6.07, 6.45) is 11.6. The van der Waals surface area contributed by atoms with Crippen LogP contribution in [0.1, 0.15) is 43.6 Å². The standard InChI is InChI=1S/C24H27F2N3/c1-5-8-20(13-17(2)29-11-6-7-12-29)22-14-21(16-28-18(22)3)19-9-10-27-23(15-19)24(4,25)26/h5,8-10,13-16H,2,6-7,11-12H2,1,3-4H3/b8-5-,20-13+. The number of halogens is 2. The first-order valence-corrected chi connectivity index (χ1v) is 9.89. The molecule has 0 radical (unpaired) electrons. The minimum Gasteiger partial charge on any atom is -0.372 e. The van der Waals surface area contributed by atoms with Gasteiger partial charge in [-0.25, -0.2) is 0 Å². The number of alkyl halides is 2. The predicted molar refractivity (Wildman–Crippen MR) is 115 cm³/mol. The molecule has 0 N–H and O–H groups in total. The molecule has 1 aliphatic heterocycles. The summed E-state index contributed by atoms with van der Waals surface area (Å²) in [6, 6.07) is 5.16. The summed E-state index contributed by atoms with van der Waals surface area (Å²) in [5, 5.41) is 0. The van der Waals surface area contributed by atoms with Gasteiger partial charge in [-0.3, -0.25) is 9.97 Å². The quantitative estimate of drug-likeness (QED) is 0.551. The Balaban J connectivity index is 2.02. The maximum absolute atomic E-state index is 13.7. The van der Waals surface area contributed by atoms with Crippen molar-refractivity contribution in [2.45, 2.75) is 39.5 Å². The SMILES string of the molecule is C=C(/C=C(\C=C/C)c1cc(-c2ccnc(C(C)(F)F)c2)cnc1C)N1CCCC1. The van der Waals surface area contributed by atoms with Gasteiger partial charge in [0.2, 0.25) is 0 Å². The highest BCUT2D eigenvalue weighted by molar-refractivity contribution is 5.80. The lowest BCUT2D eigenvalue weighted by Crippen LogP contribution is -2.16. The second kappa shape index (κ2) is 8.68. The van der Waals surface area contributed by atoms with Crippen molar-refractivity contribution in [3.63, 3.8) is 0 Å². The molecule has 0 unspecified atom stereocenters. The number of allylic oxidation sites excluding steroid dienone is 4. The van der Waals surface area contributed by atoms with Crippen molar-refractivity contribution in [2.24, 2.45) is 0 Å². The van der Waals surface area contributed by atoms with Gasteiger partial charge >= 0.3 is 0 Å². The van der Waals surface area contributed by atoms with Crippen molar-refractivity contribution in [3.05, 3.63) is 78.0 Å². The van der Waals surface area contributed by atoms with E-state index in [1.54, 1.807) is 12.3 Å². The number of nitrogens with zero attached hydrogens (tertiary/aromatic N) is 3. The fourth-order valence-corrected chi connectivity index (χ4v) is 3.50. The molecular formula is C24H27F2N3. The fourth-order valence-electron chi connectivity index (χ4n) is 3.50. The average molecular weight is 395 g/mol. The van der Waals surface area contributed by atoms with E-state index >= 15 is 0 Å². The van der Waals surface area contributed by atoms with Gasteiger partial charge in [-0.1, -0.05) is 18.7 Å². The van der Waals surface area contributed by atoms with E-state index in [0.717, 1.165) is 48.1 Å². The lowest BCUT2D eigenvalue weighted by Gasteiger charge is -2.19. The van der Waals surface area contributed by atoms with Gasteiger partial charge in [-0.15, -0.1) is 0 Å². The molecule has 5 heteroatoms. The zero-order valence-electron chi connectivity index (χ0n) is 17.3. The number of likely N-dealkylation sites (tertiary alicyclic amines) is 1. The van der Waals surface area contributed by atoms with Crippen LogP contribution in [0.3, 0.4) is 0 Å². The largest absolute Gasteiger partial charge is 0.372 e. The number of aromatic nitrogens is 2. The first-order chi connectivity index (χ1) is 13.8.